The minimum Gasteiger partial charge on any atom is -0.308 e. The largest absolute Gasteiger partial charge is 0.445 e. The molecule has 0 aliphatic rings. The summed E-state index contributed by atoms with van der Waals surface area (Å²) in [6.07, 6.45) is -4.57. The van der Waals surface area contributed by atoms with Gasteiger partial charge in [-0.25, -0.2) is 4.79 Å². The number of hydrogen-bond donors (Lipinski definition) is 2. The summed E-state index contributed by atoms with van der Waals surface area (Å²) in [6.45, 7) is 3.82. The summed E-state index contributed by atoms with van der Waals surface area (Å²) < 4.78 is 37.0. The maximum absolute atomic E-state index is 12.3. The average molecular weight is 316 g/mol. The minimum atomic E-state index is -4.57. The van der Waals surface area contributed by atoms with Gasteiger partial charge in [0, 0.05) is 5.69 Å². The normalized spacial score (nSPS) is 11.3. The molecule has 2 rings (SSSR count). The number of urea groups is 1. The molecule has 0 saturated carbocycles. The van der Waals surface area contributed by atoms with Gasteiger partial charge < -0.3 is 5.32 Å². The molecule has 112 valence electrons. The predicted molar refractivity (Wildman–Crippen MR) is 73.5 cm³/mol. The van der Waals surface area contributed by atoms with E-state index in [0.717, 1.165) is 11.1 Å². The van der Waals surface area contributed by atoms with Gasteiger partial charge in [-0.05, 0) is 37.1 Å². The van der Waals surface area contributed by atoms with Crippen molar-refractivity contribution < 1.29 is 18.0 Å². The third-order valence-electron chi connectivity index (χ3n) is 2.65. The average Bonchev–Trinajstić information content (AvgIpc) is 2.82. The summed E-state index contributed by atoms with van der Waals surface area (Å²) in [4.78, 5) is 11.7. The van der Waals surface area contributed by atoms with Crippen molar-refractivity contribution in [3.05, 3.63) is 34.3 Å². The summed E-state index contributed by atoms with van der Waals surface area (Å²) >= 11 is 0.265. The zero-order valence-corrected chi connectivity index (χ0v) is 11.9. The van der Waals surface area contributed by atoms with Crippen LogP contribution in [0.5, 0.6) is 0 Å². The molecule has 2 N–H and O–H groups in total. The van der Waals surface area contributed by atoms with Gasteiger partial charge >= 0.3 is 12.2 Å². The van der Waals surface area contributed by atoms with Gasteiger partial charge in [0.25, 0.3) is 0 Å². The number of nitrogens with zero attached hydrogens (tertiary/aromatic N) is 2. The van der Waals surface area contributed by atoms with E-state index in [-0.39, 0.29) is 16.5 Å². The van der Waals surface area contributed by atoms with Gasteiger partial charge in [0.2, 0.25) is 10.1 Å². The van der Waals surface area contributed by atoms with Crippen LogP contribution in [-0.2, 0) is 6.18 Å². The summed E-state index contributed by atoms with van der Waals surface area (Å²) in [6, 6.07) is 4.61. The number of hydrogen-bond acceptors (Lipinski definition) is 4. The Morgan fingerprint density at radius 1 is 1.14 bits per heavy atom. The highest BCUT2D eigenvalue weighted by Crippen LogP contribution is 2.32. The summed E-state index contributed by atoms with van der Waals surface area (Å²) in [5.41, 5.74) is 2.60. The maximum Gasteiger partial charge on any atom is 0.445 e. The van der Waals surface area contributed by atoms with Crippen molar-refractivity contribution in [2.45, 2.75) is 20.0 Å². The number of aryl methyl sites for hydroxylation is 2. The summed E-state index contributed by atoms with van der Waals surface area (Å²) in [7, 11) is 0. The van der Waals surface area contributed by atoms with Crippen molar-refractivity contribution >= 4 is 28.2 Å². The van der Waals surface area contributed by atoms with Crippen molar-refractivity contribution in [1.82, 2.24) is 10.2 Å². The van der Waals surface area contributed by atoms with E-state index in [2.05, 4.69) is 20.8 Å². The predicted octanol–water partition coefficient (Wildman–Crippen LogP) is 3.82. The molecule has 0 aliphatic carbocycles. The first-order valence-corrected chi connectivity index (χ1v) is 6.63. The molecule has 2 aromatic rings. The van der Waals surface area contributed by atoms with Crippen LogP contribution in [0.4, 0.5) is 28.8 Å². The van der Waals surface area contributed by atoms with Crippen LogP contribution in [0, 0.1) is 13.8 Å². The fourth-order valence-corrected chi connectivity index (χ4v) is 2.07. The lowest BCUT2D eigenvalue weighted by Crippen LogP contribution is -2.19. The van der Waals surface area contributed by atoms with Gasteiger partial charge in [-0.15, -0.1) is 10.2 Å². The number of nitrogens with one attached hydrogen (secondary N) is 2. The van der Waals surface area contributed by atoms with Crippen LogP contribution in [0.2, 0.25) is 0 Å². The van der Waals surface area contributed by atoms with Crippen molar-refractivity contribution in [2.24, 2.45) is 0 Å². The third-order valence-corrected chi connectivity index (χ3v) is 3.54. The van der Waals surface area contributed by atoms with E-state index in [1.165, 1.54) is 0 Å². The Balaban J connectivity index is 2.01. The number of anilines is 2. The van der Waals surface area contributed by atoms with Crippen molar-refractivity contribution in [3.63, 3.8) is 0 Å². The number of benzene rings is 1. The van der Waals surface area contributed by atoms with Crippen LogP contribution in [-0.4, -0.2) is 16.2 Å². The Morgan fingerprint density at radius 2 is 1.86 bits per heavy atom. The van der Waals surface area contributed by atoms with Gasteiger partial charge in [-0.1, -0.05) is 17.4 Å². The number of aromatic nitrogens is 2. The lowest BCUT2D eigenvalue weighted by atomic mass is 10.1. The molecule has 0 bridgehead atoms. The van der Waals surface area contributed by atoms with E-state index in [0.29, 0.717) is 5.69 Å². The van der Waals surface area contributed by atoms with Crippen molar-refractivity contribution in [2.75, 3.05) is 10.6 Å². The highest BCUT2D eigenvalue weighted by molar-refractivity contribution is 7.15. The molecule has 1 aromatic carbocycles. The van der Waals surface area contributed by atoms with E-state index >= 15 is 0 Å². The van der Waals surface area contributed by atoms with E-state index in [4.69, 9.17) is 0 Å². The maximum atomic E-state index is 12.3. The Bertz CT molecular complexity index is 669. The molecule has 0 unspecified atom stereocenters. The van der Waals surface area contributed by atoms with Gasteiger partial charge in [0.1, 0.15) is 0 Å². The van der Waals surface area contributed by atoms with Crippen molar-refractivity contribution in [1.29, 1.82) is 0 Å². The van der Waals surface area contributed by atoms with E-state index in [9.17, 15) is 18.0 Å². The molecule has 9 heteroatoms. The van der Waals surface area contributed by atoms with Gasteiger partial charge in [0.05, 0.1) is 0 Å². The lowest BCUT2D eigenvalue weighted by molar-refractivity contribution is -0.138. The topological polar surface area (TPSA) is 66.9 Å². The monoisotopic (exact) mass is 316 g/mol. The minimum absolute atomic E-state index is 0.219. The number of halogens is 3. The quantitative estimate of drug-likeness (QED) is 0.885. The number of carbonyl (C=O) groups excluding carboxylic acids is 1. The van der Waals surface area contributed by atoms with E-state index in [1.807, 2.05) is 19.9 Å². The summed E-state index contributed by atoms with van der Waals surface area (Å²) in [5, 5.41) is 9.65. The zero-order valence-electron chi connectivity index (χ0n) is 11.1. The molecule has 0 spiro atoms. The Morgan fingerprint density at radius 3 is 2.43 bits per heavy atom. The molecule has 1 aromatic heterocycles. The lowest BCUT2D eigenvalue weighted by Gasteiger charge is -2.07. The smallest absolute Gasteiger partial charge is 0.308 e. The molecular formula is C12H11F3N4OS. The fraction of sp³-hybridized carbons (Fsp3) is 0.250. The molecule has 5 nitrogen and oxygen atoms in total. The Kier molecular flexibility index (Phi) is 4.12. The molecule has 2 amide bonds. The van der Waals surface area contributed by atoms with E-state index < -0.39 is 17.2 Å². The molecule has 0 fully saturated rings. The number of alkyl halides is 3. The van der Waals surface area contributed by atoms with Gasteiger partial charge in [-0.2, -0.15) is 13.2 Å². The summed E-state index contributed by atoms with van der Waals surface area (Å²) in [5.74, 6) is 0. The van der Waals surface area contributed by atoms with Crippen LogP contribution >= 0.6 is 11.3 Å². The van der Waals surface area contributed by atoms with Gasteiger partial charge in [0.15, 0.2) is 0 Å². The Hall–Kier alpha value is -2.16. The number of carbonyl (C=O) groups is 1. The van der Waals surface area contributed by atoms with E-state index in [1.54, 1.807) is 12.1 Å². The molecule has 1 heterocycles. The first kappa shape index (κ1) is 15.2. The van der Waals surface area contributed by atoms with Crippen LogP contribution in [0.25, 0.3) is 0 Å². The van der Waals surface area contributed by atoms with Crippen LogP contribution in [0.15, 0.2) is 18.2 Å². The molecule has 0 saturated heterocycles. The zero-order chi connectivity index (χ0) is 15.6. The van der Waals surface area contributed by atoms with Crippen molar-refractivity contribution in [3.8, 4) is 0 Å². The number of rotatable bonds is 2. The van der Waals surface area contributed by atoms with Crippen LogP contribution < -0.4 is 10.6 Å². The second kappa shape index (κ2) is 5.68. The Labute approximate surface area is 122 Å². The van der Waals surface area contributed by atoms with Gasteiger partial charge in [-0.3, -0.25) is 5.32 Å². The van der Waals surface area contributed by atoms with Crippen LogP contribution in [0.3, 0.4) is 0 Å². The fourth-order valence-electron chi connectivity index (χ4n) is 1.47. The molecule has 0 aliphatic heterocycles. The SMILES string of the molecule is Cc1ccc(NC(=O)Nc2nnc(C(F)(F)F)s2)cc1C. The second-order valence-corrected chi connectivity index (χ2v) is 5.27. The molecule has 21 heavy (non-hydrogen) atoms. The highest BCUT2D eigenvalue weighted by atomic mass is 32.1. The molecule has 0 atom stereocenters. The highest BCUT2D eigenvalue weighted by Gasteiger charge is 2.35. The van der Waals surface area contributed by atoms with Crippen LogP contribution in [0.1, 0.15) is 16.1 Å². The second-order valence-electron chi connectivity index (χ2n) is 4.29. The molecular weight excluding hydrogens is 305 g/mol. The third kappa shape index (κ3) is 3.91. The first-order chi connectivity index (χ1) is 9.75. The molecule has 0 radical (unpaired) electrons. The number of amides is 2. The first-order valence-electron chi connectivity index (χ1n) is 5.81. The standard InChI is InChI=1S/C12H11F3N4OS/c1-6-3-4-8(5-7(6)2)16-10(20)17-11-19-18-9(21-11)12(13,14)15/h3-5H,1-2H3,(H2,16,17,19,20).